The van der Waals surface area contributed by atoms with Crippen LogP contribution in [-0.2, 0) is 5.41 Å². The minimum absolute atomic E-state index is 0.0313. The lowest BCUT2D eigenvalue weighted by atomic mass is 9.64. The van der Waals surface area contributed by atoms with Crippen molar-refractivity contribution >= 4 is 17.6 Å². The molecule has 1 saturated carbocycles. The summed E-state index contributed by atoms with van der Waals surface area (Å²) in [4.78, 5) is 13.6. The summed E-state index contributed by atoms with van der Waals surface area (Å²) in [7, 11) is 1.70. The van der Waals surface area contributed by atoms with E-state index in [0.717, 1.165) is 17.9 Å². The number of hydrogen-bond acceptors (Lipinski definition) is 2. The lowest BCUT2D eigenvalue weighted by Gasteiger charge is -2.43. The third-order valence-corrected chi connectivity index (χ3v) is 4.84. The van der Waals surface area contributed by atoms with Gasteiger partial charge in [-0.25, -0.2) is 4.79 Å². The number of nitrogens with one attached hydrogen (secondary N) is 1. The normalized spacial score (nSPS) is 17.7. The van der Waals surface area contributed by atoms with E-state index in [4.69, 9.17) is 16.7 Å². The first-order valence-electron chi connectivity index (χ1n) is 7.36. The monoisotopic (exact) mass is 310 g/mol. The van der Waals surface area contributed by atoms with E-state index in [0.29, 0.717) is 6.54 Å². The van der Waals surface area contributed by atoms with Gasteiger partial charge in [0.1, 0.15) is 0 Å². The molecule has 0 aliphatic heterocycles. The van der Waals surface area contributed by atoms with Gasteiger partial charge in [0.2, 0.25) is 0 Å². The quantitative estimate of drug-likeness (QED) is 0.878. The summed E-state index contributed by atoms with van der Waals surface area (Å²) in [5.74, 6) is 0. The highest BCUT2D eigenvalue weighted by Crippen LogP contribution is 2.43. The fourth-order valence-electron chi connectivity index (χ4n) is 2.67. The maximum absolute atomic E-state index is 12.1. The second-order valence-corrected chi connectivity index (χ2v) is 6.38. The van der Waals surface area contributed by atoms with Gasteiger partial charge >= 0.3 is 6.03 Å². The Bertz CT molecular complexity index is 486. The number of benzene rings is 1. The summed E-state index contributed by atoms with van der Waals surface area (Å²) in [6.07, 6.45) is 3.34. The summed E-state index contributed by atoms with van der Waals surface area (Å²) < 4.78 is 0. The Balaban J connectivity index is 2.00. The number of carbonyl (C=O) groups is 1. The summed E-state index contributed by atoms with van der Waals surface area (Å²) >= 11 is 5.94. The van der Waals surface area contributed by atoms with E-state index in [2.05, 4.69) is 5.32 Å². The third-order valence-electron chi connectivity index (χ3n) is 4.59. The van der Waals surface area contributed by atoms with E-state index in [1.54, 1.807) is 7.05 Å². The van der Waals surface area contributed by atoms with Gasteiger partial charge in [0.15, 0.2) is 0 Å². The molecule has 2 N–H and O–H groups in total. The molecule has 0 bridgehead atoms. The Hall–Kier alpha value is -1.26. The van der Waals surface area contributed by atoms with E-state index in [1.165, 1.54) is 16.9 Å². The van der Waals surface area contributed by atoms with Crippen LogP contribution in [0.4, 0.5) is 4.79 Å². The zero-order valence-electron chi connectivity index (χ0n) is 12.6. The van der Waals surface area contributed by atoms with Crippen LogP contribution in [-0.4, -0.2) is 42.3 Å². The first kappa shape index (κ1) is 16.1. The highest BCUT2D eigenvalue weighted by molar-refractivity contribution is 6.30. The molecule has 0 spiro atoms. The van der Waals surface area contributed by atoms with Gasteiger partial charge in [-0.1, -0.05) is 30.2 Å². The maximum Gasteiger partial charge on any atom is 0.317 e. The molecule has 4 nitrogen and oxygen atoms in total. The number of hydrogen-bond donors (Lipinski definition) is 2. The average molecular weight is 311 g/mol. The number of halogens is 1. The Kier molecular flexibility index (Phi) is 5.12. The van der Waals surface area contributed by atoms with Gasteiger partial charge in [-0.15, -0.1) is 0 Å². The first-order valence-corrected chi connectivity index (χ1v) is 7.74. The van der Waals surface area contributed by atoms with Gasteiger partial charge < -0.3 is 15.3 Å². The van der Waals surface area contributed by atoms with E-state index < -0.39 is 0 Å². The molecule has 0 heterocycles. The molecule has 1 aromatic rings. The van der Waals surface area contributed by atoms with Crippen LogP contribution in [0, 0.1) is 0 Å². The molecule has 2 rings (SSSR count). The van der Waals surface area contributed by atoms with Crippen molar-refractivity contribution in [3.63, 3.8) is 0 Å². The zero-order chi connectivity index (χ0) is 15.5. The van der Waals surface area contributed by atoms with E-state index in [9.17, 15) is 4.79 Å². The number of amides is 2. The molecule has 1 unspecified atom stereocenters. The lowest BCUT2D eigenvalue weighted by molar-refractivity contribution is 0.151. The fourth-order valence-corrected chi connectivity index (χ4v) is 2.79. The zero-order valence-corrected chi connectivity index (χ0v) is 13.4. The van der Waals surface area contributed by atoms with Crippen molar-refractivity contribution < 1.29 is 9.90 Å². The van der Waals surface area contributed by atoms with Gasteiger partial charge in [-0.2, -0.15) is 0 Å². The predicted octanol–water partition coefficient (Wildman–Crippen LogP) is 2.78. The van der Waals surface area contributed by atoms with Gasteiger partial charge in [0.25, 0.3) is 0 Å². The second kappa shape index (κ2) is 6.67. The number of aliphatic hydroxyl groups excluding tert-OH is 1. The minimum Gasteiger partial charge on any atom is -0.394 e. The van der Waals surface area contributed by atoms with E-state index in [-0.39, 0.29) is 24.1 Å². The molecule has 2 amide bonds. The van der Waals surface area contributed by atoms with Crippen molar-refractivity contribution in [1.82, 2.24) is 10.2 Å². The van der Waals surface area contributed by atoms with Crippen molar-refractivity contribution in [2.75, 3.05) is 20.2 Å². The van der Waals surface area contributed by atoms with Crippen molar-refractivity contribution in [3.8, 4) is 0 Å². The SMILES string of the molecule is CC(CO)N(C)C(=O)NCC1(c2ccc(Cl)cc2)CCC1. The standard InChI is InChI=1S/C16H23ClN2O2/c1-12(10-20)19(2)15(21)18-11-16(8-3-9-16)13-4-6-14(17)7-5-13/h4-7,12,20H,3,8-11H2,1-2H3,(H,18,21). The number of rotatable bonds is 5. The number of aliphatic hydroxyl groups is 1. The topological polar surface area (TPSA) is 52.6 Å². The van der Waals surface area contributed by atoms with Crippen molar-refractivity contribution in [1.29, 1.82) is 0 Å². The van der Waals surface area contributed by atoms with Crippen LogP contribution in [0.25, 0.3) is 0 Å². The summed E-state index contributed by atoms with van der Waals surface area (Å²) in [5, 5.41) is 12.8. The molecular formula is C16H23ClN2O2. The Morgan fingerprint density at radius 3 is 2.52 bits per heavy atom. The Labute approximate surface area is 131 Å². The smallest absolute Gasteiger partial charge is 0.317 e. The average Bonchev–Trinajstić information content (AvgIpc) is 2.45. The van der Waals surface area contributed by atoms with Gasteiger partial charge in [0, 0.05) is 24.0 Å². The number of likely N-dealkylation sites (N-methyl/N-ethyl adjacent to an activating group) is 1. The summed E-state index contributed by atoms with van der Waals surface area (Å²) in [6, 6.07) is 7.58. The van der Waals surface area contributed by atoms with E-state index >= 15 is 0 Å². The predicted molar refractivity (Wildman–Crippen MR) is 84.7 cm³/mol. The number of carbonyl (C=O) groups excluding carboxylic acids is 1. The molecule has 1 aromatic carbocycles. The van der Waals surface area contributed by atoms with Crippen LogP contribution in [0.1, 0.15) is 31.7 Å². The van der Waals surface area contributed by atoms with E-state index in [1.807, 2.05) is 31.2 Å². The molecule has 1 aliphatic rings. The van der Waals surface area contributed by atoms with Crippen LogP contribution in [0.5, 0.6) is 0 Å². The third kappa shape index (κ3) is 3.50. The molecule has 1 aliphatic carbocycles. The Morgan fingerprint density at radius 2 is 2.05 bits per heavy atom. The van der Waals surface area contributed by atoms with Gasteiger partial charge in [-0.05, 0) is 37.5 Å². The maximum atomic E-state index is 12.1. The summed E-state index contributed by atoms with van der Waals surface area (Å²) in [6.45, 7) is 2.40. The van der Waals surface area contributed by atoms with Crippen molar-refractivity contribution in [2.45, 2.75) is 37.6 Å². The van der Waals surface area contributed by atoms with Gasteiger partial charge in [0.05, 0.1) is 12.6 Å². The molecule has 1 atom stereocenters. The van der Waals surface area contributed by atoms with Crippen molar-refractivity contribution in [3.05, 3.63) is 34.9 Å². The number of nitrogens with zero attached hydrogens (tertiary/aromatic N) is 1. The van der Waals surface area contributed by atoms with Crippen LogP contribution in [0.3, 0.4) is 0 Å². The summed E-state index contributed by atoms with van der Waals surface area (Å²) in [5.41, 5.74) is 1.26. The molecule has 0 saturated heterocycles. The molecular weight excluding hydrogens is 288 g/mol. The molecule has 21 heavy (non-hydrogen) atoms. The molecule has 0 radical (unpaired) electrons. The highest BCUT2D eigenvalue weighted by atomic mass is 35.5. The second-order valence-electron chi connectivity index (χ2n) is 5.94. The van der Waals surface area contributed by atoms with Crippen LogP contribution >= 0.6 is 11.6 Å². The first-order chi connectivity index (χ1) is 9.98. The van der Waals surface area contributed by atoms with Crippen LogP contribution < -0.4 is 5.32 Å². The molecule has 5 heteroatoms. The number of urea groups is 1. The molecule has 116 valence electrons. The lowest BCUT2D eigenvalue weighted by Crippen LogP contribution is -2.50. The highest BCUT2D eigenvalue weighted by Gasteiger charge is 2.39. The molecule has 0 aromatic heterocycles. The Morgan fingerprint density at radius 1 is 1.43 bits per heavy atom. The van der Waals surface area contributed by atoms with Crippen LogP contribution in [0.2, 0.25) is 5.02 Å². The van der Waals surface area contributed by atoms with Crippen molar-refractivity contribution in [2.24, 2.45) is 0 Å². The van der Waals surface area contributed by atoms with Gasteiger partial charge in [-0.3, -0.25) is 0 Å². The van der Waals surface area contributed by atoms with Crippen LogP contribution in [0.15, 0.2) is 24.3 Å². The largest absolute Gasteiger partial charge is 0.394 e. The minimum atomic E-state index is -0.183. The fraction of sp³-hybridized carbons (Fsp3) is 0.562. The molecule has 1 fully saturated rings.